The average molecular weight is 276 g/mol. The number of likely N-dealkylation sites (N-methyl/N-ethyl adjacent to an activating group) is 2. The van der Waals surface area contributed by atoms with Crippen LogP contribution in [-0.4, -0.2) is 75.1 Å². The summed E-state index contributed by atoms with van der Waals surface area (Å²) < 4.78 is 0. The first-order chi connectivity index (χ1) is 8.97. The van der Waals surface area contributed by atoms with E-state index >= 15 is 0 Å². The summed E-state index contributed by atoms with van der Waals surface area (Å²) in [5, 5.41) is 0. The van der Waals surface area contributed by atoms with Crippen LogP contribution in [0.5, 0.6) is 0 Å². The van der Waals surface area contributed by atoms with Gasteiger partial charge in [-0.1, -0.05) is 34.6 Å². The highest BCUT2D eigenvalue weighted by molar-refractivity contribution is 4.66. The van der Waals surface area contributed by atoms with Gasteiger partial charge < -0.3 is 14.7 Å². The molecule has 0 aromatic heterocycles. The van der Waals surface area contributed by atoms with E-state index in [0.29, 0.717) is 6.04 Å². The van der Waals surface area contributed by atoms with E-state index in [4.69, 9.17) is 0 Å². The van der Waals surface area contributed by atoms with E-state index in [1.54, 1.807) is 0 Å². The zero-order valence-corrected chi connectivity index (χ0v) is 15.5. The third-order valence-corrected chi connectivity index (χ3v) is 3.12. The van der Waals surface area contributed by atoms with Crippen LogP contribution in [-0.2, 0) is 0 Å². The van der Waals surface area contributed by atoms with Gasteiger partial charge in [-0.25, -0.2) is 0 Å². The first-order valence-corrected chi connectivity index (χ1v) is 8.00. The molecule has 19 heavy (non-hydrogen) atoms. The Bertz CT molecular complexity index is 149. The van der Waals surface area contributed by atoms with E-state index in [-0.39, 0.29) is 0 Å². The van der Waals surface area contributed by atoms with Crippen molar-refractivity contribution >= 4 is 0 Å². The Morgan fingerprint density at radius 1 is 0.789 bits per heavy atom. The fraction of sp³-hybridized carbons (Fsp3) is 1.00. The van der Waals surface area contributed by atoms with Crippen LogP contribution in [0.25, 0.3) is 0 Å². The molecule has 0 aliphatic heterocycles. The van der Waals surface area contributed by atoms with E-state index in [0.717, 1.165) is 6.54 Å². The van der Waals surface area contributed by atoms with E-state index < -0.39 is 0 Å². The van der Waals surface area contributed by atoms with Crippen LogP contribution < -0.4 is 0 Å². The molecule has 1 atom stereocenters. The summed E-state index contributed by atoms with van der Waals surface area (Å²) in [5.74, 6) is 0. The molecule has 0 saturated carbocycles. The van der Waals surface area contributed by atoms with Gasteiger partial charge >= 0.3 is 0 Å². The van der Waals surface area contributed by atoms with Gasteiger partial charge in [-0.2, -0.15) is 0 Å². The number of hydrogen-bond acceptors (Lipinski definition) is 3. The van der Waals surface area contributed by atoms with Crippen LogP contribution in [0.2, 0.25) is 0 Å². The molecule has 0 fully saturated rings. The first-order valence-electron chi connectivity index (χ1n) is 8.00. The molecule has 0 aliphatic rings. The molecule has 0 bridgehead atoms. The number of hydrogen-bond donors (Lipinski definition) is 0. The quantitative estimate of drug-likeness (QED) is 0.673. The monoisotopic (exact) mass is 275 g/mol. The van der Waals surface area contributed by atoms with Gasteiger partial charge in [-0.3, -0.25) is 0 Å². The van der Waals surface area contributed by atoms with Crippen molar-refractivity contribution in [3.8, 4) is 0 Å². The number of nitrogens with zero attached hydrogens (tertiary/aromatic N) is 3. The van der Waals surface area contributed by atoms with Crippen molar-refractivity contribution in [3.63, 3.8) is 0 Å². The predicted octanol–water partition coefficient (Wildman–Crippen LogP) is 3.26. The summed E-state index contributed by atoms with van der Waals surface area (Å²) >= 11 is 0. The minimum Gasteiger partial charge on any atom is -0.309 e. The van der Waals surface area contributed by atoms with Gasteiger partial charge in [0.05, 0.1) is 0 Å². The lowest BCUT2D eigenvalue weighted by molar-refractivity contribution is 0.200. The highest BCUT2D eigenvalue weighted by Gasteiger charge is 2.09. The largest absolute Gasteiger partial charge is 0.309 e. The van der Waals surface area contributed by atoms with Gasteiger partial charge in [0, 0.05) is 19.1 Å². The Labute approximate surface area is 124 Å². The molecule has 0 N–H and O–H groups in total. The molecule has 0 radical (unpaired) electrons. The molecule has 1 unspecified atom stereocenters. The molecule has 120 valence electrons. The summed E-state index contributed by atoms with van der Waals surface area (Å²) in [6.45, 7) is 17.2. The predicted molar refractivity (Wildman–Crippen MR) is 91.1 cm³/mol. The Hall–Kier alpha value is -0.120. The molecule has 0 spiro atoms. The van der Waals surface area contributed by atoms with Crippen LogP contribution in [0.15, 0.2) is 0 Å². The lowest BCUT2D eigenvalue weighted by Crippen LogP contribution is -2.37. The lowest BCUT2D eigenvalue weighted by Gasteiger charge is -2.27. The highest BCUT2D eigenvalue weighted by Crippen LogP contribution is 2.01. The average Bonchev–Trinajstić information content (AvgIpc) is 2.45. The molecule has 0 saturated heterocycles. The van der Waals surface area contributed by atoms with E-state index in [2.05, 4.69) is 56.7 Å². The van der Waals surface area contributed by atoms with Crippen LogP contribution in [0.4, 0.5) is 0 Å². The summed E-state index contributed by atoms with van der Waals surface area (Å²) in [5.41, 5.74) is 0. The third-order valence-electron chi connectivity index (χ3n) is 3.12. The maximum absolute atomic E-state index is 2.45. The highest BCUT2D eigenvalue weighted by atomic mass is 15.2. The van der Waals surface area contributed by atoms with Crippen molar-refractivity contribution in [2.24, 2.45) is 0 Å². The molecule has 0 aliphatic carbocycles. The van der Waals surface area contributed by atoms with E-state index in [1.165, 1.54) is 26.1 Å². The van der Waals surface area contributed by atoms with Gasteiger partial charge in [-0.15, -0.1) is 0 Å². The molecule has 0 rings (SSSR count). The SMILES string of the molecule is CC.CC.CCN(C)CCN(C)C(C)CCN(C)C. The zero-order chi connectivity index (χ0) is 15.8. The van der Waals surface area contributed by atoms with Crippen LogP contribution >= 0.6 is 0 Å². The van der Waals surface area contributed by atoms with E-state index in [1.807, 2.05) is 27.7 Å². The van der Waals surface area contributed by atoms with Crippen LogP contribution in [0.3, 0.4) is 0 Å². The topological polar surface area (TPSA) is 9.72 Å². The molecule has 3 nitrogen and oxygen atoms in total. The van der Waals surface area contributed by atoms with Crippen molar-refractivity contribution in [2.75, 3.05) is 54.4 Å². The Kier molecular flexibility index (Phi) is 22.5. The maximum atomic E-state index is 2.45. The van der Waals surface area contributed by atoms with Crippen molar-refractivity contribution in [2.45, 2.75) is 54.0 Å². The van der Waals surface area contributed by atoms with Gasteiger partial charge in [0.15, 0.2) is 0 Å². The van der Waals surface area contributed by atoms with E-state index in [9.17, 15) is 0 Å². The molecular formula is C16H41N3. The fourth-order valence-electron chi connectivity index (χ4n) is 1.37. The second-order valence-corrected chi connectivity index (χ2v) is 4.82. The normalized spacial score (nSPS) is 11.8. The van der Waals surface area contributed by atoms with Crippen molar-refractivity contribution in [1.82, 2.24) is 14.7 Å². The second-order valence-electron chi connectivity index (χ2n) is 4.82. The fourth-order valence-corrected chi connectivity index (χ4v) is 1.37. The minimum atomic E-state index is 0.678. The number of rotatable bonds is 8. The molecule has 0 aromatic rings. The molecule has 0 heterocycles. The van der Waals surface area contributed by atoms with Crippen LogP contribution in [0.1, 0.15) is 48.0 Å². The van der Waals surface area contributed by atoms with Crippen molar-refractivity contribution < 1.29 is 0 Å². The first kappa shape index (κ1) is 23.9. The molecule has 0 aromatic carbocycles. The Morgan fingerprint density at radius 2 is 1.26 bits per heavy atom. The summed E-state index contributed by atoms with van der Waals surface area (Å²) in [6.07, 6.45) is 1.25. The lowest BCUT2D eigenvalue weighted by atomic mass is 10.2. The smallest absolute Gasteiger partial charge is 0.0109 e. The standard InChI is InChI=1S/C12H29N3.2C2H6/c1-7-14(5)10-11-15(6)12(2)8-9-13(3)4;2*1-2/h12H,7-11H2,1-6H3;2*1-2H3. The summed E-state index contributed by atoms with van der Waals surface area (Å²) in [4.78, 5) is 7.06. The third kappa shape index (κ3) is 17.9. The Morgan fingerprint density at radius 3 is 1.63 bits per heavy atom. The van der Waals surface area contributed by atoms with Gasteiger partial charge in [0.25, 0.3) is 0 Å². The van der Waals surface area contributed by atoms with Gasteiger partial charge in [-0.05, 0) is 54.6 Å². The zero-order valence-electron chi connectivity index (χ0n) is 15.5. The Balaban J connectivity index is -0.000000579. The molecule has 0 amide bonds. The van der Waals surface area contributed by atoms with Crippen LogP contribution in [0, 0.1) is 0 Å². The molecule has 3 heteroatoms. The van der Waals surface area contributed by atoms with Gasteiger partial charge in [0.1, 0.15) is 0 Å². The summed E-state index contributed by atoms with van der Waals surface area (Å²) in [6, 6.07) is 0.678. The van der Waals surface area contributed by atoms with Crippen molar-refractivity contribution in [3.05, 3.63) is 0 Å². The van der Waals surface area contributed by atoms with Gasteiger partial charge in [0.2, 0.25) is 0 Å². The maximum Gasteiger partial charge on any atom is 0.0109 e. The molecular weight excluding hydrogens is 234 g/mol. The summed E-state index contributed by atoms with van der Waals surface area (Å²) in [7, 11) is 8.68. The minimum absolute atomic E-state index is 0.678. The van der Waals surface area contributed by atoms with Crippen molar-refractivity contribution in [1.29, 1.82) is 0 Å². The second kappa shape index (κ2) is 17.9.